The first-order valence-electron chi connectivity index (χ1n) is 12.5. The summed E-state index contributed by atoms with van der Waals surface area (Å²) in [5.41, 5.74) is 2.10. The Hall–Kier alpha value is -3.67. The average Bonchev–Trinajstić information content (AvgIpc) is 2.88. The Morgan fingerprint density at radius 3 is 2.34 bits per heavy atom. The summed E-state index contributed by atoms with van der Waals surface area (Å²) in [5, 5.41) is 10.2. The molecule has 6 heteroatoms. The summed E-state index contributed by atoms with van der Waals surface area (Å²) in [4.78, 5) is 24.6. The normalized spacial score (nSPS) is 18.8. The Morgan fingerprint density at radius 1 is 0.886 bits per heavy atom. The molecule has 0 spiro atoms. The molecule has 0 unspecified atom stereocenters. The first kappa shape index (κ1) is 23.1. The number of rotatable bonds is 6. The zero-order valence-electron chi connectivity index (χ0n) is 20.7. The second kappa shape index (κ2) is 9.90. The van der Waals surface area contributed by atoms with Gasteiger partial charge in [-0.3, -0.25) is 4.79 Å². The third kappa shape index (κ3) is 4.92. The lowest BCUT2D eigenvalue weighted by Gasteiger charge is -2.29. The Bertz CT molecular complexity index is 1340. The maximum absolute atomic E-state index is 13.1. The predicted octanol–water partition coefficient (Wildman–Crippen LogP) is 5.70. The Kier molecular flexibility index (Phi) is 6.53. The van der Waals surface area contributed by atoms with E-state index in [1.54, 1.807) is 0 Å². The second-order valence-corrected chi connectivity index (χ2v) is 9.77. The first-order chi connectivity index (χ1) is 17.0. The molecule has 0 bridgehead atoms. The summed E-state index contributed by atoms with van der Waals surface area (Å²) in [6.07, 6.45) is 3.57. The lowest BCUT2D eigenvalue weighted by Crippen LogP contribution is -2.37. The van der Waals surface area contributed by atoms with E-state index in [-0.39, 0.29) is 23.9 Å². The minimum absolute atomic E-state index is 0.0279. The van der Waals surface area contributed by atoms with Crippen molar-refractivity contribution >= 4 is 39.3 Å². The molecule has 35 heavy (non-hydrogen) atoms. The van der Waals surface area contributed by atoms with E-state index in [0.717, 1.165) is 48.0 Å². The highest BCUT2D eigenvalue weighted by Gasteiger charge is 2.28. The van der Waals surface area contributed by atoms with E-state index in [9.17, 15) is 4.79 Å². The molecule has 3 aromatic carbocycles. The molecule has 0 aliphatic heterocycles. The van der Waals surface area contributed by atoms with Crippen LogP contribution in [0.5, 0.6) is 0 Å². The molecule has 1 aliphatic rings. The molecule has 1 aromatic heterocycles. The number of para-hydroxylation sites is 1. The number of aromatic nitrogens is 2. The van der Waals surface area contributed by atoms with Crippen LogP contribution in [-0.2, 0) is 4.79 Å². The van der Waals surface area contributed by atoms with Crippen molar-refractivity contribution in [3.05, 3.63) is 72.3 Å². The van der Waals surface area contributed by atoms with Gasteiger partial charge in [0.2, 0.25) is 11.9 Å². The Balaban J connectivity index is 1.21. The number of nitrogens with zero attached hydrogens (tertiary/aromatic N) is 3. The number of hydrogen-bond acceptors (Lipinski definition) is 5. The minimum Gasteiger partial charge on any atom is -0.362 e. The van der Waals surface area contributed by atoms with Crippen molar-refractivity contribution in [3.63, 3.8) is 0 Å². The number of anilines is 2. The van der Waals surface area contributed by atoms with Gasteiger partial charge in [0.05, 0.1) is 11.6 Å². The monoisotopic (exact) mass is 467 g/mol. The van der Waals surface area contributed by atoms with Crippen molar-refractivity contribution in [2.24, 2.45) is 5.92 Å². The van der Waals surface area contributed by atoms with E-state index in [4.69, 9.17) is 9.97 Å². The zero-order valence-corrected chi connectivity index (χ0v) is 20.7. The maximum atomic E-state index is 13.1. The van der Waals surface area contributed by atoms with E-state index in [1.165, 1.54) is 10.8 Å². The van der Waals surface area contributed by atoms with Gasteiger partial charge in [-0.1, -0.05) is 54.6 Å². The van der Waals surface area contributed by atoms with Crippen LogP contribution in [0, 0.1) is 5.92 Å². The van der Waals surface area contributed by atoms with Crippen LogP contribution < -0.4 is 15.5 Å². The van der Waals surface area contributed by atoms with Crippen LogP contribution in [0.15, 0.2) is 66.7 Å². The smallest absolute Gasteiger partial charge is 0.225 e. The van der Waals surface area contributed by atoms with Crippen LogP contribution in [-0.4, -0.2) is 36.0 Å². The standard InChI is InChI=1S/C29H33N5O/c1-19(23-13-8-10-20-9-4-5-11-24(20)23)30-28(35)21-15-17-22(18-16-21)31-29-32-26-14-7-6-12-25(26)27(33-29)34(2)3/h4-14,19,21-22H,15-18H2,1-3H3,(H,30,35)(H,31,32,33)/t19-,21-,22+/m0/s1. The summed E-state index contributed by atoms with van der Waals surface area (Å²) in [6, 6.07) is 23.0. The molecule has 1 heterocycles. The largest absolute Gasteiger partial charge is 0.362 e. The van der Waals surface area contributed by atoms with Crippen LogP contribution in [0.4, 0.5) is 11.8 Å². The maximum Gasteiger partial charge on any atom is 0.225 e. The second-order valence-electron chi connectivity index (χ2n) is 9.77. The van der Waals surface area contributed by atoms with Crippen LogP contribution >= 0.6 is 0 Å². The van der Waals surface area contributed by atoms with Crippen LogP contribution in [0.25, 0.3) is 21.7 Å². The zero-order chi connectivity index (χ0) is 24.4. The van der Waals surface area contributed by atoms with E-state index < -0.39 is 0 Å². The first-order valence-corrected chi connectivity index (χ1v) is 12.5. The topological polar surface area (TPSA) is 70.2 Å². The number of carbonyl (C=O) groups excluding carboxylic acids is 1. The molecule has 1 fully saturated rings. The molecule has 0 saturated heterocycles. The van der Waals surface area contributed by atoms with Crippen LogP contribution in [0.3, 0.4) is 0 Å². The molecule has 180 valence electrons. The van der Waals surface area contributed by atoms with Gasteiger partial charge in [-0.25, -0.2) is 4.98 Å². The van der Waals surface area contributed by atoms with Gasteiger partial charge in [-0.05, 0) is 61.1 Å². The molecule has 6 nitrogen and oxygen atoms in total. The van der Waals surface area contributed by atoms with Crippen molar-refractivity contribution in [2.75, 3.05) is 24.3 Å². The molecule has 0 radical (unpaired) electrons. The summed E-state index contributed by atoms with van der Waals surface area (Å²) in [6.45, 7) is 2.08. The van der Waals surface area contributed by atoms with Crippen molar-refractivity contribution in [1.82, 2.24) is 15.3 Å². The van der Waals surface area contributed by atoms with E-state index in [1.807, 2.05) is 43.3 Å². The highest BCUT2D eigenvalue weighted by molar-refractivity contribution is 5.90. The molecule has 1 atom stereocenters. The van der Waals surface area contributed by atoms with Gasteiger partial charge in [0.25, 0.3) is 0 Å². The van der Waals surface area contributed by atoms with Crippen molar-refractivity contribution in [3.8, 4) is 0 Å². The molecule has 1 aliphatic carbocycles. The van der Waals surface area contributed by atoms with Crippen molar-refractivity contribution in [2.45, 2.75) is 44.7 Å². The van der Waals surface area contributed by atoms with Gasteiger partial charge in [-0.15, -0.1) is 0 Å². The number of carbonyl (C=O) groups is 1. The highest BCUT2D eigenvalue weighted by atomic mass is 16.1. The van der Waals surface area contributed by atoms with Gasteiger partial charge in [0.1, 0.15) is 5.82 Å². The third-order valence-electron chi connectivity index (χ3n) is 7.09. The van der Waals surface area contributed by atoms with Gasteiger partial charge in [-0.2, -0.15) is 4.98 Å². The molecule has 2 N–H and O–H groups in total. The summed E-state index contributed by atoms with van der Waals surface area (Å²) >= 11 is 0. The fourth-order valence-electron chi connectivity index (χ4n) is 5.18. The lowest BCUT2D eigenvalue weighted by molar-refractivity contribution is -0.126. The molecule has 5 rings (SSSR count). The van der Waals surface area contributed by atoms with Gasteiger partial charge in [0.15, 0.2) is 0 Å². The molecular weight excluding hydrogens is 434 g/mol. The van der Waals surface area contributed by atoms with Crippen molar-refractivity contribution in [1.29, 1.82) is 0 Å². The van der Waals surface area contributed by atoms with E-state index in [2.05, 4.69) is 60.0 Å². The molecule has 1 amide bonds. The number of hydrogen-bond donors (Lipinski definition) is 2. The number of fused-ring (bicyclic) bond motifs is 2. The highest BCUT2D eigenvalue weighted by Crippen LogP contribution is 2.30. The molecule has 1 saturated carbocycles. The lowest BCUT2D eigenvalue weighted by atomic mass is 9.85. The number of benzene rings is 3. The van der Waals surface area contributed by atoms with Gasteiger partial charge < -0.3 is 15.5 Å². The Labute approximate surface area is 206 Å². The predicted molar refractivity (Wildman–Crippen MR) is 144 cm³/mol. The number of nitrogens with one attached hydrogen (secondary N) is 2. The SMILES string of the molecule is C[C@H](NC(=O)[C@H]1CC[C@@H](Nc2nc(N(C)C)c3ccccc3n2)CC1)c1cccc2ccccc12. The minimum atomic E-state index is -0.0279. The van der Waals surface area contributed by atoms with Gasteiger partial charge in [0, 0.05) is 31.4 Å². The quantitative estimate of drug-likeness (QED) is 0.381. The Morgan fingerprint density at radius 2 is 1.57 bits per heavy atom. The van der Waals surface area contributed by atoms with E-state index in [0.29, 0.717) is 5.95 Å². The third-order valence-corrected chi connectivity index (χ3v) is 7.09. The summed E-state index contributed by atoms with van der Waals surface area (Å²) < 4.78 is 0. The summed E-state index contributed by atoms with van der Waals surface area (Å²) in [7, 11) is 4.00. The van der Waals surface area contributed by atoms with Crippen LogP contribution in [0.1, 0.15) is 44.2 Å². The molecular formula is C29H33N5O. The number of amides is 1. The average molecular weight is 468 g/mol. The fourth-order valence-corrected chi connectivity index (χ4v) is 5.18. The van der Waals surface area contributed by atoms with E-state index >= 15 is 0 Å². The van der Waals surface area contributed by atoms with Gasteiger partial charge >= 0.3 is 0 Å². The molecule has 4 aromatic rings. The fraction of sp³-hybridized carbons (Fsp3) is 0.345. The summed E-state index contributed by atoms with van der Waals surface area (Å²) in [5.74, 6) is 1.76. The van der Waals surface area contributed by atoms with Crippen molar-refractivity contribution < 1.29 is 4.79 Å². The van der Waals surface area contributed by atoms with Crippen LogP contribution in [0.2, 0.25) is 0 Å².